The fourth-order valence-corrected chi connectivity index (χ4v) is 1.39. The average Bonchev–Trinajstić information content (AvgIpc) is 2.36. The molecule has 0 aliphatic rings. The number of rotatable bonds is 5. The molecule has 1 heterocycles. The van der Waals surface area contributed by atoms with Gasteiger partial charge in [-0.2, -0.15) is 13.2 Å². The highest BCUT2D eigenvalue weighted by atomic mass is 19.4. The normalized spacial score (nSPS) is 12.6. The molecule has 0 aromatic carbocycles. The SMILES string of the molecule is COc1ccc([C@@H](CC(=O)O)NC(=O)C(F)(F)F)cn1. The number of carboxylic acid groups (broad SMARTS) is 1. The van der Waals surface area contributed by atoms with Gasteiger partial charge in [-0.1, -0.05) is 6.07 Å². The highest BCUT2D eigenvalue weighted by molar-refractivity contribution is 5.82. The molecule has 0 aliphatic carbocycles. The van der Waals surface area contributed by atoms with Crippen molar-refractivity contribution in [2.45, 2.75) is 18.6 Å². The summed E-state index contributed by atoms with van der Waals surface area (Å²) in [5, 5.41) is 10.3. The molecule has 0 bridgehead atoms. The van der Waals surface area contributed by atoms with Gasteiger partial charge in [0.15, 0.2) is 0 Å². The van der Waals surface area contributed by atoms with E-state index in [4.69, 9.17) is 9.84 Å². The first-order chi connectivity index (χ1) is 9.24. The molecule has 1 rings (SSSR count). The van der Waals surface area contributed by atoms with Crippen molar-refractivity contribution in [2.24, 2.45) is 0 Å². The van der Waals surface area contributed by atoms with Crippen LogP contribution in [0.15, 0.2) is 18.3 Å². The van der Waals surface area contributed by atoms with Gasteiger partial charge in [-0.25, -0.2) is 4.98 Å². The molecule has 110 valence electrons. The predicted molar refractivity (Wildman–Crippen MR) is 60.0 cm³/mol. The number of pyridine rings is 1. The number of methoxy groups -OCH3 is 1. The molecule has 1 aromatic heterocycles. The lowest BCUT2D eigenvalue weighted by atomic mass is 10.1. The fourth-order valence-electron chi connectivity index (χ4n) is 1.39. The van der Waals surface area contributed by atoms with E-state index in [1.807, 2.05) is 0 Å². The lowest BCUT2D eigenvalue weighted by molar-refractivity contribution is -0.174. The summed E-state index contributed by atoms with van der Waals surface area (Å²) in [5.74, 6) is -3.35. The van der Waals surface area contributed by atoms with E-state index in [9.17, 15) is 22.8 Å². The Bertz CT molecular complexity index is 487. The molecule has 0 radical (unpaired) electrons. The van der Waals surface area contributed by atoms with Crippen LogP contribution in [0.25, 0.3) is 0 Å². The lowest BCUT2D eigenvalue weighted by Crippen LogP contribution is -2.39. The maximum atomic E-state index is 12.2. The van der Waals surface area contributed by atoms with Crippen LogP contribution in [0.2, 0.25) is 0 Å². The summed E-state index contributed by atoms with van der Waals surface area (Å²) in [6.07, 6.45) is -4.64. The third-order valence-corrected chi connectivity index (χ3v) is 2.31. The number of carbonyl (C=O) groups is 2. The summed E-state index contributed by atoms with van der Waals surface area (Å²) < 4.78 is 41.3. The van der Waals surface area contributed by atoms with Crippen molar-refractivity contribution in [1.29, 1.82) is 0 Å². The van der Waals surface area contributed by atoms with E-state index in [0.717, 1.165) is 6.20 Å². The molecule has 1 amide bonds. The molecule has 9 heteroatoms. The summed E-state index contributed by atoms with van der Waals surface area (Å²) in [7, 11) is 1.35. The number of halogens is 3. The van der Waals surface area contributed by atoms with Crippen LogP contribution < -0.4 is 10.1 Å². The molecule has 20 heavy (non-hydrogen) atoms. The second-order valence-electron chi connectivity index (χ2n) is 3.76. The van der Waals surface area contributed by atoms with Crippen molar-refractivity contribution in [3.05, 3.63) is 23.9 Å². The second kappa shape index (κ2) is 6.22. The summed E-state index contributed by atoms with van der Waals surface area (Å²) in [5.41, 5.74) is 0.130. The van der Waals surface area contributed by atoms with Crippen LogP contribution in [0.3, 0.4) is 0 Å². The standard InChI is InChI=1S/C11H11F3N2O4/c1-20-8-3-2-6(5-15-8)7(4-9(17)18)16-10(19)11(12,13)14/h2-3,5,7H,4H2,1H3,(H,16,19)(H,17,18)/t7-/m1/s1. The molecular formula is C11H11F3N2O4. The largest absolute Gasteiger partial charge is 0.481 e. The van der Waals surface area contributed by atoms with Gasteiger partial charge in [-0.05, 0) is 5.56 Å². The Morgan fingerprint density at radius 3 is 2.50 bits per heavy atom. The summed E-state index contributed by atoms with van der Waals surface area (Å²) in [6, 6.07) is 1.35. The van der Waals surface area contributed by atoms with Gasteiger partial charge in [0, 0.05) is 12.3 Å². The Hall–Kier alpha value is -2.32. The number of aliphatic carboxylic acids is 1. The van der Waals surface area contributed by atoms with Crippen LogP contribution in [0.5, 0.6) is 5.88 Å². The van der Waals surface area contributed by atoms with E-state index in [1.54, 1.807) is 5.32 Å². The zero-order valence-electron chi connectivity index (χ0n) is 10.3. The Balaban J connectivity index is 2.93. The molecule has 1 aromatic rings. The van der Waals surface area contributed by atoms with Crippen molar-refractivity contribution in [2.75, 3.05) is 7.11 Å². The van der Waals surface area contributed by atoms with Crippen LogP contribution in [-0.4, -0.2) is 35.3 Å². The van der Waals surface area contributed by atoms with Crippen molar-refractivity contribution in [1.82, 2.24) is 10.3 Å². The van der Waals surface area contributed by atoms with Gasteiger partial charge in [0.25, 0.3) is 0 Å². The van der Waals surface area contributed by atoms with Crippen molar-refractivity contribution < 1.29 is 32.6 Å². The Morgan fingerprint density at radius 1 is 1.45 bits per heavy atom. The maximum absolute atomic E-state index is 12.2. The molecule has 6 nitrogen and oxygen atoms in total. The highest BCUT2D eigenvalue weighted by Crippen LogP contribution is 2.21. The predicted octanol–water partition coefficient (Wildman–Crippen LogP) is 1.28. The summed E-state index contributed by atoms with van der Waals surface area (Å²) >= 11 is 0. The van der Waals surface area contributed by atoms with E-state index in [1.165, 1.54) is 19.2 Å². The Labute approximate surface area is 111 Å². The van der Waals surface area contributed by atoms with E-state index < -0.39 is 30.5 Å². The van der Waals surface area contributed by atoms with Gasteiger partial charge in [0.05, 0.1) is 19.6 Å². The van der Waals surface area contributed by atoms with E-state index in [-0.39, 0.29) is 11.4 Å². The molecule has 0 aliphatic heterocycles. The number of carboxylic acids is 1. The van der Waals surface area contributed by atoms with E-state index >= 15 is 0 Å². The van der Waals surface area contributed by atoms with Crippen LogP contribution in [-0.2, 0) is 9.59 Å². The third kappa shape index (κ3) is 4.41. The minimum absolute atomic E-state index is 0.130. The lowest BCUT2D eigenvalue weighted by Gasteiger charge is -2.18. The smallest absolute Gasteiger partial charge is 0.471 e. The summed E-state index contributed by atoms with van der Waals surface area (Å²) in [6.45, 7) is 0. The zero-order chi connectivity index (χ0) is 15.3. The van der Waals surface area contributed by atoms with Crippen LogP contribution in [0.4, 0.5) is 13.2 Å². The monoisotopic (exact) mass is 292 g/mol. The molecule has 0 unspecified atom stereocenters. The first kappa shape index (κ1) is 15.7. The minimum atomic E-state index is -5.09. The Kier molecular flexibility index (Phi) is 4.89. The van der Waals surface area contributed by atoms with Crippen LogP contribution in [0, 0.1) is 0 Å². The first-order valence-corrected chi connectivity index (χ1v) is 5.33. The number of nitrogens with one attached hydrogen (secondary N) is 1. The molecule has 0 spiro atoms. The quantitative estimate of drug-likeness (QED) is 0.853. The van der Waals surface area contributed by atoms with Gasteiger partial charge in [0.1, 0.15) is 0 Å². The number of alkyl halides is 3. The molecule has 0 fully saturated rings. The van der Waals surface area contributed by atoms with E-state index in [2.05, 4.69) is 4.98 Å². The molecule has 0 saturated heterocycles. The topological polar surface area (TPSA) is 88.5 Å². The van der Waals surface area contributed by atoms with Crippen molar-refractivity contribution in [3.63, 3.8) is 0 Å². The maximum Gasteiger partial charge on any atom is 0.471 e. The highest BCUT2D eigenvalue weighted by Gasteiger charge is 2.40. The van der Waals surface area contributed by atoms with Gasteiger partial charge < -0.3 is 15.2 Å². The minimum Gasteiger partial charge on any atom is -0.481 e. The molecule has 1 atom stereocenters. The van der Waals surface area contributed by atoms with Crippen molar-refractivity contribution >= 4 is 11.9 Å². The summed E-state index contributed by atoms with van der Waals surface area (Å²) in [4.78, 5) is 25.3. The van der Waals surface area contributed by atoms with Gasteiger partial charge in [-0.15, -0.1) is 0 Å². The van der Waals surface area contributed by atoms with E-state index in [0.29, 0.717) is 0 Å². The second-order valence-corrected chi connectivity index (χ2v) is 3.76. The molecular weight excluding hydrogens is 281 g/mol. The van der Waals surface area contributed by atoms with Gasteiger partial charge in [0.2, 0.25) is 5.88 Å². The Morgan fingerprint density at radius 2 is 2.10 bits per heavy atom. The number of aromatic nitrogens is 1. The van der Waals surface area contributed by atoms with Crippen LogP contribution in [0.1, 0.15) is 18.0 Å². The number of nitrogens with zero attached hydrogens (tertiary/aromatic N) is 1. The van der Waals surface area contributed by atoms with Crippen LogP contribution >= 0.6 is 0 Å². The third-order valence-electron chi connectivity index (χ3n) is 2.31. The number of hydrogen-bond acceptors (Lipinski definition) is 4. The fraction of sp³-hybridized carbons (Fsp3) is 0.364. The van der Waals surface area contributed by atoms with Gasteiger partial charge in [-0.3, -0.25) is 9.59 Å². The molecule has 0 saturated carbocycles. The first-order valence-electron chi connectivity index (χ1n) is 5.33. The zero-order valence-corrected chi connectivity index (χ0v) is 10.3. The average molecular weight is 292 g/mol. The van der Waals surface area contributed by atoms with Gasteiger partial charge >= 0.3 is 18.1 Å². The number of ether oxygens (including phenoxy) is 1. The number of carbonyl (C=O) groups excluding carboxylic acids is 1. The number of amides is 1. The number of hydrogen-bond donors (Lipinski definition) is 2. The molecule has 2 N–H and O–H groups in total. The van der Waals surface area contributed by atoms with Crippen molar-refractivity contribution in [3.8, 4) is 5.88 Å².